The summed E-state index contributed by atoms with van der Waals surface area (Å²) in [6.45, 7) is 8.00. The Kier molecular flexibility index (Phi) is 12.9. The largest absolute Gasteiger partial charge is 0.489 e. The molecule has 186 valence electrons. The molecule has 0 radical (unpaired) electrons. The third-order valence-electron chi connectivity index (χ3n) is 5.12. The van der Waals surface area contributed by atoms with Crippen LogP contribution in [-0.2, 0) is 9.53 Å². The average Bonchev–Trinajstić information content (AvgIpc) is 2.76. The third-order valence-corrected chi connectivity index (χ3v) is 5.12. The molecule has 1 saturated heterocycles. The van der Waals surface area contributed by atoms with Gasteiger partial charge in [0, 0.05) is 33.2 Å². The molecule has 2 N–H and O–H groups in total. The molecule has 0 bridgehead atoms. The summed E-state index contributed by atoms with van der Waals surface area (Å²) in [5, 5.41) is 6.69. The van der Waals surface area contributed by atoms with Crippen molar-refractivity contribution in [1.82, 2.24) is 20.4 Å². The second-order valence-corrected chi connectivity index (χ2v) is 8.18. The molecular formula is C23H38IN5O4. The number of hydrogen-bond acceptors (Lipinski definition) is 5. The van der Waals surface area contributed by atoms with Gasteiger partial charge in [-0.05, 0) is 51.3 Å². The molecule has 1 fully saturated rings. The first kappa shape index (κ1) is 28.8. The van der Waals surface area contributed by atoms with Crippen molar-refractivity contribution >= 4 is 41.9 Å². The molecule has 10 heteroatoms. The zero-order valence-electron chi connectivity index (χ0n) is 20.3. The van der Waals surface area contributed by atoms with E-state index in [9.17, 15) is 9.59 Å². The van der Waals surface area contributed by atoms with Crippen LogP contribution in [0.1, 0.15) is 32.3 Å². The molecule has 2 amide bonds. The maximum absolute atomic E-state index is 12.0. The minimum Gasteiger partial charge on any atom is -0.489 e. The van der Waals surface area contributed by atoms with Crippen LogP contribution in [-0.4, -0.2) is 86.8 Å². The van der Waals surface area contributed by atoms with Gasteiger partial charge in [0.05, 0.1) is 13.2 Å². The second-order valence-electron chi connectivity index (χ2n) is 8.18. The van der Waals surface area contributed by atoms with Gasteiger partial charge in [-0.25, -0.2) is 9.79 Å². The highest BCUT2D eigenvalue weighted by Crippen LogP contribution is 2.14. The van der Waals surface area contributed by atoms with Gasteiger partial charge in [-0.1, -0.05) is 12.1 Å². The predicted molar refractivity (Wildman–Crippen MR) is 140 cm³/mol. The number of amides is 2. The first-order valence-corrected chi connectivity index (χ1v) is 11.2. The fraction of sp³-hybridized carbons (Fsp3) is 0.609. The van der Waals surface area contributed by atoms with Gasteiger partial charge < -0.3 is 29.9 Å². The van der Waals surface area contributed by atoms with E-state index in [4.69, 9.17) is 9.47 Å². The number of carbonyl (C=O) groups is 2. The minimum atomic E-state index is -0.267. The van der Waals surface area contributed by atoms with E-state index < -0.39 is 0 Å². The molecule has 1 aromatic rings. The van der Waals surface area contributed by atoms with Crippen LogP contribution in [0.5, 0.6) is 5.75 Å². The maximum atomic E-state index is 12.0. The van der Waals surface area contributed by atoms with Gasteiger partial charge >= 0.3 is 6.09 Å². The van der Waals surface area contributed by atoms with E-state index in [1.165, 1.54) is 4.90 Å². The van der Waals surface area contributed by atoms with Gasteiger partial charge in [-0.15, -0.1) is 24.0 Å². The quantitative estimate of drug-likeness (QED) is 0.281. The number of hydrogen-bond donors (Lipinski definition) is 2. The molecule has 0 saturated carbocycles. The number of ether oxygens (including phenoxy) is 2. The molecule has 9 nitrogen and oxygen atoms in total. The SMILES string of the molecule is CCOC(=O)N1CCC(NC(=NCC(=O)N(C)C)NCC(C)Oc2cccc(C)c2)CC1.I. The van der Waals surface area contributed by atoms with E-state index in [1.807, 2.05) is 38.1 Å². The molecule has 0 spiro atoms. The van der Waals surface area contributed by atoms with Crippen LogP contribution >= 0.6 is 24.0 Å². The molecule has 33 heavy (non-hydrogen) atoms. The Bertz CT molecular complexity index is 782. The van der Waals surface area contributed by atoms with Gasteiger partial charge in [0.1, 0.15) is 18.4 Å². The van der Waals surface area contributed by atoms with Crippen molar-refractivity contribution in [3.8, 4) is 5.75 Å². The Labute approximate surface area is 214 Å². The normalized spacial score (nSPS) is 15.2. The number of nitrogens with one attached hydrogen (secondary N) is 2. The van der Waals surface area contributed by atoms with Gasteiger partial charge in [-0.2, -0.15) is 0 Å². The van der Waals surface area contributed by atoms with E-state index >= 15 is 0 Å². The highest BCUT2D eigenvalue weighted by molar-refractivity contribution is 14.0. The highest BCUT2D eigenvalue weighted by atomic mass is 127. The minimum absolute atomic E-state index is 0. The zero-order valence-corrected chi connectivity index (χ0v) is 22.6. The Morgan fingerprint density at radius 1 is 1.27 bits per heavy atom. The van der Waals surface area contributed by atoms with E-state index in [0.29, 0.717) is 32.2 Å². The van der Waals surface area contributed by atoms with Crippen LogP contribution in [0, 0.1) is 6.92 Å². The topological polar surface area (TPSA) is 95.5 Å². The fourth-order valence-corrected chi connectivity index (χ4v) is 3.26. The highest BCUT2D eigenvalue weighted by Gasteiger charge is 2.24. The molecule has 1 aromatic carbocycles. The lowest BCUT2D eigenvalue weighted by Gasteiger charge is -2.32. The number of halogens is 1. The van der Waals surface area contributed by atoms with Crippen molar-refractivity contribution in [2.45, 2.75) is 45.8 Å². The van der Waals surface area contributed by atoms with Crippen molar-refractivity contribution in [2.24, 2.45) is 4.99 Å². The molecule has 0 aliphatic carbocycles. The number of nitrogens with zero attached hydrogens (tertiary/aromatic N) is 3. The van der Waals surface area contributed by atoms with Crippen LogP contribution in [0.2, 0.25) is 0 Å². The number of rotatable bonds is 8. The lowest BCUT2D eigenvalue weighted by Crippen LogP contribution is -2.51. The van der Waals surface area contributed by atoms with Crippen LogP contribution in [0.15, 0.2) is 29.3 Å². The van der Waals surface area contributed by atoms with Crippen LogP contribution in [0.4, 0.5) is 4.79 Å². The summed E-state index contributed by atoms with van der Waals surface area (Å²) in [4.78, 5) is 31.6. The number of aryl methyl sites for hydroxylation is 1. The Morgan fingerprint density at radius 3 is 2.58 bits per heavy atom. The summed E-state index contributed by atoms with van der Waals surface area (Å²) in [6, 6.07) is 8.07. The number of guanidine groups is 1. The van der Waals surface area contributed by atoms with Crippen molar-refractivity contribution in [2.75, 3.05) is 46.9 Å². The lowest BCUT2D eigenvalue weighted by molar-refractivity contribution is -0.127. The predicted octanol–water partition coefficient (Wildman–Crippen LogP) is 2.62. The summed E-state index contributed by atoms with van der Waals surface area (Å²) < 4.78 is 11.1. The number of likely N-dealkylation sites (tertiary alicyclic amines) is 1. The Balaban J connectivity index is 0.00000544. The molecule has 1 unspecified atom stereocenters. The second kappa shape index (κ2) is 14.8. The van der Waals surface area contributed by atoms with E-state index in [0.717, 1.165) is 24.2 Å². The number of likely N-dealkylation sites (N-methyl/N-ethyl adjacent to an activating group) is 1. The molecular weight excluding hydrogens is 537 g/mol. The lowest BCUT2D eigenvalue weighted by atomic mass is 10.1. The van der Waals surface area contributed by atoms with E-state index in [-0.39, 0.29) is 54.7 Å². The monoisotopic (exact) mass is 575 g/mol. The smallest absolute Gasteiger partial charge is 0.409 e. The molecule has 1 aliphatic heterocycles. The van der Waals surface area contributed by atoms with Crippen molar-refractivity contribution in [3.05, 3.63) is 29.8 Å². The summed E-state index contributed by atoms with van der Waals surface area (Å²) >= 11 is 0. The summed E-state index contributed by atoms with van der Waals surface area (Å²) in [5.41, 5.74) is 1.14. The van der Waals surface area contributed by atoms with Crippen molar-refractivity contribution < 1.29 is 19.1 Å². The number of aliphatic imine (C=N–C) groups is 1. The standard InChI is InChI=1S/C23H37N5O4.HI/c1-6-31-23(30)28-12-10-19(11-13-28)26-22(25-16-21(29)27(4)5)24-15-18(3)32-20-9-7-8-17(2)14-20;/h7-9,14,18-19H,6,10-13,15-16H2,1-5H3,(H2,24,25,26);1H. The van der Waals surface area contributed by atoms with Gasteiger partial charge in [0.15, 0.2) is 5.96 Å². The van der Waals surface area contributed by atoms with Crippen molar-refractivity contribution in [3.63, 3.8) is 0 Å². The number of carbonyl (C=O) groups excluding carboxylic acids is 2. The number of benzene rings is 1. The summed E-state index contributed by atoms with van der Waals surface area (Å²) in [7, 11) is 3.42. The molecule has 2 rings (SSSR count). The maximum Gasteiger partial charge on any atom is 0.409 e. The van der Waals surface area contributed by atoms with E-state index in [2.05, 4.69) is 15.6 Å². The third kappa shape index (κ3) is 10.5. The van der Waals surface area contributed by atoms with Crippen LogP contribution in [0.3, 0.4) is 0 Å². The molecule has 0 aromatic heterocycles. The number of piperidine rings is 1. The fourth-order valence-electron chi connectivity index (χ4n) is 3.26. The Morgan fingerprint density at radius 2 is 1.97 bits per heavy atom. The summed E-state index contributed by atoms with van der Waals surface area (Å²) in [6.07, 6.45) is 1.18. The summed E-state index contributed by atoms with van der Waals surface area (Å²) in [5.74, 6) is 1.31. The van der Waals surface area contributed by atoms with Gasteiger partial charge in [-0.3, -0.25) is 4.79 Å². The first-order chi connectivity index (χ1) is 15.3. The van der Waals surface area contributed by atoms with Crippen molar-refractivity contribution in [1.29, 1.82) is 0 Å². The van der Waals surface area contributed by atoms with Crippen LogP contribution in [0.25, 0.3) is 0 Å². The van der Waals surface area contributed by atoms with Crippen LogP contribution < -0.4 is 15.4 Å². The van der Waals surface area contributed by atoms with E-state index in [1.54, 1.807) is 25.9 Å². The average molecular weight is 575 g/mol. The van der Waals surface area contributed by atoms with Gasteiger partial charge in [0.2, 0.25) is 5.91 Å². The zero-order chi connectivity index (χ0) is 23.5. The van der Waals surface area contributed by atoms with Gasteiger partial charge in [0.25, 0.3) is 0 Å². The molecule has 1 aliphatic rings. The molecule has 1 heterocycles. The molecule has 1 atom stereocenters. The first-order valence-electron chi connectivity index (χ1n) is 11.2. The Hall–Kier alpha value is -2.24.